The first kappa shape index (κ1) is 9.72. The molecule has 0 saturated heterocycles. The summed E-state index contributed by atoms with van der Waals surface area (Å²) >= 11 is 0. The molecule has 3 N–H and O–H groups in total. The van der Waals surface area contributed by atoms with Crippen LogP contribution in [-0.4, -0.2) is 11.9 Å². The summed E-state index contributed by atoms with van der Waals surface area (Å²) in [6.45, 7) is 0.0430. The van der Waals surface area contributed by atoms with Crippen molar-refractivity contribution in [2.45, 2.75) is 24.8 Å². The number of hydrogen-bond acceptors (Lipinski definition) is 4. The molecule has 0 radical (unpaired) electrons. The maximum Gasteiger partial charge on any atom is 0.231 e. The van der Waals surface area contributed by atoms with Gasteiger partial charge in [0.15, 0.2) is 23.1 Å². The van der Waals surface area contributed by atoms with Gasteiger partial charge in [-0.3, -0.25) is 0 Å². The molecule has 0 atom stereocenters. The molecule has 1 aliphatic carbocycles. The molecule has 1 heterocycles. The number of hydrogen-bond donors (Lipinski definition) is 2. The van der Waals surface area contributed by atoms with Crippen LogP contribution in [0.3, 0.4) is 0 Å². The SMILES string of the molecule is NC1(c2c(O)c(F)cc3c2OCO3)CCC1. The lowest BCUT2D eigenvalue weighted by Crippen LogP contribution is -2.43. The number of phenolic OH excluding ortho intramolecular Hbond substituents is 1. The van der Waals surface area contributed by atoms with E-state index < -0.39 is 17.1 Å². The quantitative estimate of drug-likeness (QED) is 0.761. The van der Waals surface area contributed by atoms with Crippen molar-refractivity contribution in [2.75, 3.05) is 6.79 Å². The monoisotopic (exact) mass is 225 g/mol. The van der Waals surface area contributed by atoms with E-state index in [4.69, 9.17) is 15.2 Å². The lowest BCUT2D eigenvalue weighted by atomic mass is 9.72. The molecule has 86 valence electrons. The topological polar surface area (TPSA) is 64.7 Å². The van der Waals surface area contributed by atoms with E-state index in [1.54, 1.807) is 0 Å². The van der Waals surface area contributed by atoms with Gasteiger partial charge in [-0.15, -0.1) is 0 Å². The van der Waals surface area contributed by atoms with Crippen molar-refractivity contribution in [1.29, 1.82) is 0 Å². The maximum absolute atomic E-state index is 13.5. The Kier molecular flexibility index (Phi) is 1.83. The standard InChI is InChI=1S/C11H12FNO3/c12-6-4-7-10(16-5-15-7)8(9(6)14)11(13)2-1-3-11/h4,14H,1-3,5,13H2. The Hall–Kier alpha value is -1.49. The van der Waals surface area contributed by atoms with Crippen LogP contribution in [0.2, 0.25) is 0 Å². The zero-order chi connectivity index (χ0) is 11.3. The first-order valence-electron chi connectivity index (χ1n) is 5.22. The second-order valence-corrected chi connectivity index (χ2v) is 4.33. The number of ether oxygens (including phenoxy) is 2. The second kappa shape index (κ2) is 3.01. The van der Waals surface area contributed by atoms with E-state index in [9.17, 15) is 9.50 Å². The molecule has 1 aliphatic heterocycles. The molecule has 1 fully saturated rings. The number of nitrogens with two attached hydrogens (primary N) is 1. The smallest absolute Gasteiger partial charge is 0.231 e. The predicted molar refractivity (Wildman–Crippen MR) is 53.9 cm³/mol. The number of phenols is 1. The van der Waals surface area contributed by atoms with Crippen molar-refractivity contribution < 1.29 is 19.0 Å². The molecule has 1 aromatic carbocycles. The lowest BCUT2D eigenvalue weighted by Gasteiger charge is -2.39. The average molecular weight is 225 g/mol. The van der Waals surface area contributed by atoms with E-state index in [0.717, 1.165) is 25.3 Å². The van der Waals surface area contributed by atoms with E-state index in [0.29, 0.717) is 17.1 Å². The van der Waals surface area contributed by atoms with Crippen LogP contribution < -0.4 is 15.2 Å². The molecule has 0 spiro atoms. The van der Waals surface area contributed by atoms with Crippen molar-refractivity contribution in [3.05, 3.63) is 17.4 Å². The van der Waals surface area contributed by atoms with Gasteiger partial charge in [-0.25, -0.2) is 4.39 Å². The Balaban J connectivity index is 2.22. The van der Waals surface area contributed by atoms with E-state index >= 15 is 0 Å². The summed E-state index contributed by atoms with van der Waals surface area (Å²) in [4.78, 5) is 0. The minimum Gasteiger partial charge on any atom is -0.504 e. The van der Waals surface area contributed by atoms with Gasteiger partial charge in [0.1, 0.15) is 0 Å². The molecule has 0 aromatic heterocycles. The zero-order valence-electron chi connectivity index (χ0n) is 8.62. The summed E-state index contributed by atoms with van der Waals surface area (Å²) < 4.78 is 23.9. The highest BCUT2D eigenvalue weighted by Gasteiger charge is 2.42. The fourth-order valence-corrected chi connectivity index (χ4v) is 2.27. The predicted octanol–water partition coefficient (Wildman–Crippen LogP) is 1.60. The highest BCUT2D eigenvalue weighted by molar-refractivity contribution is 5.58. The minimum atomic E-state index is -0.712. The first-order valence-corrected chi connectivity index (χ1v) is 5.22. The number of benzene rings is 1. The van der Waals surface area contributed by atoms with E-state index in [-0.39, 0.29) is 6.79 Å². The first-order chi connectivity index (χ1) is 7.62. The summed E-state index contributed by atoms with van der Waals surface area (Å²) in [5.41, 5.74) is 5.78. The molecule has 2 aliphatic rings. The largest absolute Gasteiger partial charge is 0.504 e. The molecule has 0 unspecified atom stereocenters. The van der Waals surface area contributed by atoms with Gasteiger partial charge in [0, 0.05) is 11.6 Å². The summed E-state index contributed by atoms with van der Waals surface area (Å²) in [5, 5.41) is 9.77. The van der Waals surface area contributed by atoms with Gasteiger partial charge in [0.25, 0.3) is 0 Å². The molecule has 1 saturated carbocycles. The van der Waals surface area contributed by atoms with Crippen molar-refractivity contribution >= 4 is 0 Å². The van der Waals surface area contributed by atoms with Crippen LogP contribution in [0.5, 0.6) is 17.2 Å². The van der Waals surface area contributed by atoms with Gasteiger partial charge in [-0.05, 0) is 19.3 Å². The molecule has 5 heteroatoms. The molecular formula is C11H12FNO3. The van der Waals surface area contributed by atoms with Crippen LogP contribution in [0.4, 0.5) is 4.39 Å². The fourth-order valence-electron chi connectivity index (χ4n) is 2.27. The summed E-state index contributed by atoms with van der Waals surface area (Å²) in [6, 6.07) is 1.13. The minimum absolute atomic E-state index is 0.0430. The van der Waals surface area contributed by atoms with Crippen molar-refractivity contribution in [1.82, 2.24) is 0 Å². The van der Waals surface area contributed by atoms with Gasteiger partial charge >= 0.3 is 0 Å². The third-order valence-corrected chi connectivity index (χ3v) is 3.33. The Morgan fingerprint density at radius 2 is 2.12 bits per heavy atom. The summed E-state index contributed by atoms with van der Waals surface area (Å²) in [7, 11) is 0. The van der Waals surface area contributed by atoms with Crippen LogP contribution in [0.15, 0.2) is 6.07 Å². The van der Waals surface area contributed by atoms with E-state index in [1.807, 2.05) is 0 Å². The number of halogens is 1. The van der Waals surface area contributed by atoms with Crippen LogP contribution in [0.25, 0.3) is 0 Å². The third kappa shape index (κ3) is 1.12. The normalized spacial score (nSPS) is 20.6. The third-order valence-electron chi connectivity index (χ3n) is 3.33. The maximum atomic E-state index is 13.5. The molecule has 0 bridgehead atoms. The Morgan fingerprint density at radius 3 is 2.75 bits per heavy atom. The highest BCUT2D eigenvalue weighted by Crippen LogP contribution is 2.52. The van der Waals surface area contributed by atoms with Gasteiger partial charge < -0.3 is 20.3 Å². The summed E-state index contributed by atoms with van der Waals surface area (Å²) in [5.74, 6) is -0.412. The number of rotatable bonds is 1. The molecule has 3 rings (SSSR count). The van der Waals surface area contributed by atoms with Crippen LogP contribution >= 0.6 is 0 Å². The Morgan fingerprint density at radius 1 is 1.38 bits per heavy atom. The van der Waals surface area contributed by atoms with E-state index in [2.05, 4.69) is 0 Å². The van der Waals surface area contributed by atoms with Crippen LogP contribution in [-0.2, 0) is 5.54 Å². The van der Waals surface area contributed by atoms with Crippen molar-refractivity contribution in [3.8, 4) is 17.2 Å². The lowest BCUT2D eigenvalue weighted by molar-refractivity contribution is 0.168. The Bertz CT molecular complexity index is 457. The number of fused-ring (bicyclic) bond motifs is 1. The second-order valence-electron chi connectivity index (χ2n) is 4.33. The molecular weight excluding hydrogens is 213 g/mol. The average Bonchev–Trinajstić information content (AvgIpc) is 2.63. The van der Waals surface area contributed by atoms with Gasteiger partial charge in [0.2, 0.25) is 6.79 Å². The van der Waals surface area contributed by atoms with Crippen LogP contribution in [0.1, 0.15) is 24.8 Å². The van der Waals surface area contributed by atoms with E-state index in [1.165, 1.54) is 0 Å². The molecule has 0 amide bonds. The highest BCUT2D eigenvalue weighted by atomic mass is 19.1. The number of aromatic hydroxyl groups is 1. The zero-order valence-corrected chi connectivity index (χ0v) is 8.62. The molecule has 1 aromatic rings. The molecule has 16 heavy (non-hydrogen) atoms. The van der Waals surface area contributed by atoms with Crippen molar-refractivity contribution in [2.24, 2.45) is 5.73 Å². The van der Waals surface area contributed by atoms with Crippen LogP contribution in [0, 0.1) is 5.82 Å². The Labute approximate surface area is 91.8 Å². The van der Waals surface area contributed by atoms with Gasteiger partial charge in [-0.1, -0.05) is 0 Å². The summed E-state index contributed by atoms with van der Waals surface area (Å²) in [6.07, 6.45) is 2.42. The van der Waals surface area contributed by atoms with Gasteiger partial charge in [0.05, 0.1) is 5.56 Å². The molecule has 4 nitrogen and oxygen atoms in total. The van der Waals surface area contributed by atoms with Crippen molar-refractivity contribution in [3.63, 3.8) is 0 Å². The fraction of sp³-hybridized carbons (Fsp3) is 0.455. The van der Waals surface area contributed by atoms with Gasteiger partial charge in [-0.2, -0.15) is 0 Å².